The maximum Gasteiger partial charge on any atom is 0.249 e. The highest BCUT2D eigenvalue weighted by molar-refractivity contribution is 7.78. The number of rotatable bonds is 5. The van der Waals surface area contributed by atoms with Crippen LogP contribution >= 0.6 is 12.2 Å². The van der Waals surface area contributed by atoms with Crippen molar-refractivity contribution in [2.24, 2.45) is 0 Å². The van der Waals surface area contributed by atoms with E-state index >= 15 is 0 Å². The molecule has 1 aliphatic rings. The minimum Gasteiger partial charge on any atom is -0.497 e. The van der Waals surface area contributed by atoms with E-state index in [9.17, 15) is 9.18 Å². The van der Waals surface area contributed by atoms with Crippen LogP contribution in [0.4, 0.5) is 10.1 Å². The predicted molar refractivity (Wildman–Crippen MR) is 136 cm³/mol. The zero-order valence-electron chi connectivity index (χ0n) is 18.9. The molecular formula is C27H24FN3O2S. The molecule has 0 aliphatic carbocycles. The molecule has 0 bridgehead atoms. The summed E-state index contributed by atoms with van der Waals surface area (Å²) in [5.74, 6) is 0.181. The minimum absolute atomic E-state index is 0.157. The number of likely N-dealkylation sites (N-methyl/N-ethyl adjacent to an activating group) is 1. The van der Waals surface area contributed by atoms with Gasteiger partial charge in [-0.05, 0) is 47.5 Å². The third-order valence-corrected chi connectivity index (χ3v) is 6.76. The maximum absolute atomic E-state index is 13.9. The smallest absolute Gasteiger partial charge is 0.249 e. The Hall–Kier alpha value is -3.71. The summed E-state index contributed by atoms with van der Waals surface area (Å²) >= 11 is 5.47. The molecular weight excluding hydrogens is 449 g/mol. The molecule has 3 aromatic carbocycles. The van der Waals surface area contributed by atoms with Crippen molar-refractivity contribution >= 4 is 40.2 Å². The van der Waals surface area contributed by atoms with Crippen LogP contribution in [0.3, 0.4) is 0 Å². The maximum atomic E-state index is 13.9. The molecule has 5 nitrogen and oxygen atoms in total. The molecule has 0 radical (unpaired) electrons. The number of aromatic nitrogens is 1. The fraction of sp³-hybridized carbons (Fsp3) is 0.185. The summed E-state index contributed by atoms with van der Waals surface area (Å²) in [4.78, 5) is 20.8. The fourth-order valence-corrected chi connectivity index (χ4v) is 5.11. The van der Waals surface area contributed by atoms with E-state index < -0.39 is 6.04 Å². The topological polar surface area (TPSA) is 48.6 Å². The van der Waals surface area contributed by atoms with Crippen LogP contribution in [-0.2, 0) is 11.2 Å². The Bertz CT molecular complexity index is 1390. The van der Waals surface area contributed by atoms with Crippen LogP contribution in [0.2, 0.25) is 0 Å². The highest BCUT2D eigenvalue weighted by atomic mass is 32.1. The van der Waals surface area contributed by atoms with Gasteiger partial charge in [-0.15, -0.1) is 0 Å². The number of ether oxygens (including phenoxy) is 1. The number of carbonyl (C=O) groups is 1. The summed E-state index contributed by atoms with van der Waals surface area (Å²) in [7, 11) is 3.30. The Morgan fingerprint density at radius 2 is 1.94 bits per heavy atom. The Kier molecular flexibility index (Phi) is 5.79. The fourth-order valence-electron chi connectivity index (χ4n) is 4.84. The molecule has 7 heteroatoms. The third kappa shape index (κ3) is 3.72. The van der Waals surface area contributed by atoms with Crippen molar-refractivity contribution in [1.29, 1.82) is 0 Å². The second-order valence-electron chi connectivity index (χ2n) is 8.39. The summed E-state index contributed by atoms with van der Waals surface area (Å²) < 4.78 is 19.3. The van der Waals surface area contributed by atoms with Crippen molar-refractivity contribution in [2.75, 3.05) is 19.1 Å². The number of aromatic amines is 1. The molecule has 5 rings (SSSR count). The quantitative estimate of drug-likeness (QED) is 0.402. The SMILES string of the molecule is COc1cccc(C2c3[nH]c4ccccc4c3CC(C(=O)N(C)c3cccc(F)c3)N2C=S)c1. The second kappa shape index (κ2) is 8.91. The summed E-state index contributed by atoms with van der Waals surface area (Å²) in [6.45, 7) is 0. The largest absolute Gasteiger partial charge is 0.497 e. The van der Waals surface area contributed by atoms with Gasteiger partial charge < -0.3 is 19.5 Å². The molecule has 1 amide bonds. The van der Waals surface area contributed by atoms with E-state index in [1.807, 2.05) is 47.4 Å². The number of methoxy groups -OCH3 is 1. The van der Waals surface area contributed by atoms with Crippen LogP contribution in [0.1, 0.15) is 22.9 Å². The van der Waals surface area contributed by atoms with Gasteiger partial charge in [0.05, 0.1) is 18.6 Å². The summed E-state index contributed by atoms with van der Waals surface area (Å²) in [6, 6.07) is 21.1. The molecule has 2 atom stereocenters. The van der Waals surface area contributed by atoms with Gasteiger partial charge >= 0.3 is 0 Å². The monoisotopic (exact) mass is 473 g/mol. The predicted octanol–water partition coefficient (Wildman–Crippen LogP) is 5.25. The number of nitrogens with zero attached hydrogens (tertiary/aromatic N) is 2. The van der Waals surface area contributed by atoms with E-state index in [0.717, 1.165) is 33.5 Å². The Balaban J connectivity index is 1.65. The number of H-pyrrole nitrogens is 1. The van der Waals surface area contributed by atoms with Crippen molar-refractivity contribution in [3.63, 3.8) is 0 Å². The number of anilines is 1. The molecule has 4 aromatic rings. The lowest BCUT2D eigenvalue weighted by atomic mass is 9.88. The van der Waals surface area contributed by atoms with Crippen LogP contribution < -0.4 is 9.64 Å². The number of hydrogen-bond donors (Lipinski definition) is 1. The van der Waals surface area contributed by atoms with Gasteiger partial charge in [-0.1, -0.05) is 48.6 Å². The average molecular weight is 474 g/mol. The van der Waals surface area contributed by atoms with Crippen LogP contribution in [0.15, 0.2) is 72.8 Å². The lowest BCUT2D eigenvalue weighted by molar-refractivity contribution is -0.122. The number of amides is 1. The standard InChI is InChI=1S/C27H24FN3O2S/c1-30(19-9-6-8-18(28)14-19)27(32)24-15-22-21-11-3-4-12-23(21)29-25(22)26(31(24)16-34)17-7-5-10-20(13-17)33-2/h3-14,16,24,26,29H,15H2,1-2H3. The summed E-state index contributed by atoms with van der Waals surface area (Å²) in [6.07, 6.45) is 0.478. The van der Waals surface area contributed by atoms with Crippen LogP contribution in [0.5, 0.6) is 5.75 Å². The van der Waals surface area contributed by atoms with Gasteiger partial charge in [-0.2, -0.15) is 0 Å². The zero-order chi connectivity index (χ0) is 23.8. The normalized spacial score (nSPS) is 17.3. The highest BCUT2D eigenvalue weighted by Crippen LogP contribution is 2.41. The second-order valence-corrected chi connectivity index (χ2v) is 8.60. The molecule has 2 heterocycles. The highest BCUT2D eigenvalue weighted by Gasteiger charge is 2.40. The van der Waals surface area contributed by atoms with Crippen molar-refractivity contribution in [2.45, 2.75) is 18.5 Å². The number of fused-ring (bicyclic) bond motifs is 3. The van der Waals surface area contributed by atoms with Gasteiger partial charge in [0, 0.05) is 35.8 Å². The Labute approximate surface area is 202 Å². The molecule has 0 spiro atoms. The molecule has 172 valence electrons. The molecule has 0 saturated heterocycles. The molecule has 1 N–H and O–H groups in total. The number of thiocarbonyl (C=S) groups is 1. The molecule has 1 aromatic heterocycles. The van der Waals surface area contributed by atoms with Crippen LogP contribution in [0.25, 0.3) is 10.9 Å². The Morgan fingerprint density at radius 1 is 1.15 bits per heavy atom. The number of nitrogens with one attached hydrogen (secondary N) is 1. The van der Waals surface area contributed by atoms with Crippen molar-refractivity contribution < 1.29 is 13.9 Å². The first-order chi connectivity index (χ1) is 16.5. The van der Waals surface area contributed by atoms with E-state index in [1.54, 1.807) is 31.8 Å². The van der Waals surface area contributed by atoms with Gasteiger partial charge in [-0.25, -0.2) is 4.39 Å². The first-order valence-electron chi connectivity index (χ1n) is 11.0. The van der Waals surface area contributed by atoms with E-state index in [2.05, 4.69) is 11.1 Å². The van der Waals surface area contributed by atoms with Crippen molar-refractivity contribution in [1.82, 2.24) is 9.88 Å². The molecule has 0 saturated carbocycles. The van der Waals surface area contributed by atoms with E-state index in [4.69, 9.17) is 17.0 Å². The number of halogens is 1. The van der Waals surface area contributed by atoms with Crippen LogP contribution in [0, 0.1) is 5.82 Å². The lowest BCUT2D eigenvalue weighted by Crippen LogP contribution is -2.52. The molecule has 34 heavy (non-hydrogen) atoms. The zero-order valence-corrected chi connectivity index (χ0v) is 19.7. The lowest BCUT2D eigenvalue weighted by Gasteiger charge is -2.41. The molecule has 1 aliphatic heterocycles. The van der Waals surface area contributed by atoms with Crippen molar-refractivity contribution in [3.8, 4) is 5.75 Å². The minimum atomic E-state index is -0.561. The summed E-state index contributed by atoms with van der Waals surface area (Å²) in [5.41, 5.74) is 6.11. The van der Waals surface area contributed by atoms with E-state index in [0.29, 0.717) is 12.1 Å². The number of benzene rings is 3. The van der Waals surface area contributed by atoms with Gasteiger partial charge in [-0.3, -0.25) is 4.79 Å². The van der Waals surface area contributed by atoms with Gasteiger partial charge in [0.25, 0.3) is 0 Å². The first kappa shape index (κ1) is 22.1. The van der Waals surface area contributed by atoms with Gasteiger partial charge in [0.15, 0.2) is 0 Å². The number of carbonyl (C=O) groups excluding carboxylic acids is 1. The van der Waals surface area contributed by atoms with E-state index in [-0.39, 0.29) is 17.8 Å². The first-order valence-corrected chi connectivity index (χ1v) is 11.5. The van der Waals surface area contributed by atoms with E-state index in [1.165, 1.54) is 17.0 Å². The number of hydrogen-bond acceptors (Lipinski definition) is 3. The van der Waals surface area contributed by atoms with Gasteiger partial charge in [0.1, 0.15) is 17.6 Å². The molecule has 0 fully saturated rings. The molecule has 2 unspecified atom stereocenters. The van der Waals surface area contributed by atoms with Crippen molar-refractivity contribution in [3.05, 3.63) is 95.4 Å². The average Bonchev–Trinajstić information content (AvgIpc) is 3.24. The van der Waals surface area contributed by atoms with Crippen LogP contribution in [-0.4, -0.2) is 41.5 Å². The van der Waals surface area contributed by atoms with Gasteiger partial charge in [0.2, 0.25) is 5.91 Å². The summed E-state index contributed by atoms with van der Waals surface area (Å²) in [5, 5.41) is 1.08. The number of para-hydroxylation sites is 1. The third-order valence-electron chi connectivity index (χ3n) is 6.52. The Morgan fingerprint density at radius 3 is 2.71 bits per heavy atom.